The number of benzene rings is 2. The third-order valence-corrected chi connectivity index (χ3v) is 8.85. The van der Waals surface area contributed by atoms with E-state index in [0.29, 0.717) is 29.8 Å². The SMILES string of the molecule is N=C(N)N1CCC[C@@H](CNC(=O)[C@@H](CNC(=O)C(=O)C2=CC=CCC2=S)NS(=O)(=O)c2ccc3ccccc3c2)C1. The van der Waals surface area contributed by atoms with Gasteiger partial charge in [0.25, 0.3) is 11.7 Å². The Labute approximate surface area is 243 Å². The van der Waals surface area contributed by atoms with Crippen molar-refractivity contribution in [3.63, 3.8) is 0 Å². The highest BCUT2D eigenvalue weighted by atomic mass is 32.2. The van der Waals surface area contributed by atoms with Crippen LogP contribution in [0.25, 0.3) is 10.8 Å². The number of amides is 2. The first-order valence-corrected chi connectivity index (χ1v) is 15.0. The van der Waals surface area contributed by atoms with Gasteiger partial charge >= 0.3 is 0 Å². The molecule has 0 aromatic heterocycles. The zero-order valence-corrected chi connectivity index (χ0v) is 23.9. The van der Waals surface area contributed by atoms with Crippen molar-refractivity contribution in [2.45, 2.75) is 30.2 Å². The first kappa shape index (κ1) is 30.0. The molecule has 41 heavy (non-hydrogen) atoms. The maximum atomic E-state index is 13.3. The van der Waals surface area contributed by atoms with Gasteiger partial charge in [0.1, 0.15) is 6.04 Å². The summed E-state index contributed by atoms with van der Waals surface area (Å²) in [6.45, 7) is 0.891. The molecule has 13 heteroatoms. The van der Waals surface area contributed by atoms with Gasteiger partial charge in [-0.15, -0.1) is 0 Å². The molecule has 0 unspecified atom stereocenters. The van der Waals surface area contributed by atoms with Gasteiger partial charge in [0, 0.05) is 43.0 Å². The molecule has 1 saturated heterocycles. The number of carbonyl (C=O) groups is 3. The van der Waals surface area contributed by atoms with Gasteiger partial charge in [-0.1, -0.05) is 60.8 Å². The van der Waals surface area contributed by atoms with Crippen LogP contribution in [0.4, 0.5) is 0 Å². The predicted molar refractivity (Wildman–Crippen MR) is 160 cm³/mol. The largest absolute Gasteiger partial charge is 0.370 e. The highest BCUT2D eigenvalue weighted by Gasteiger charge is 2.30. The minimum Gasteiger partial charge on any atom is -0.370 e. The van der Waals surface area contributed by atoms with Crippen molar-refractivity contribution in [2.24, 2.45) is 11.7 Å². The first-order chi connectivity index (χ1) is 19.5. The lowest BCUT2D eigenvalue weighted by Gasteiger charge is -2.33. The molecular weight excluding hydrogens is 564 g/mol. The van der Waals surface area contributed by atoms with Crippen molar-refractivity contribution in [2.75, 3.05) is 26.2 Å². The molecule has 1 aliphatic carbocycles. The van der Waals surface area contributed by atoms with Gasteiger partial charge in [-0.25, -0.2) is 8.42 Å². The van der Waals surface area contributed by atoms with Crippen LogP contribution in [0.1, 0.15) is 19.3 Å². The van der Waals surface area contributed by atoms with E-state index < -0.39 is 40.2 Å². The molecule has 2 aliphatic rings. The van der Waals surface area contributed by atoms with E-state index >= 15 is 0 Å². The molecule has 4 rings (SSSR count). The van der Waals surface area contributed by atoms with Crippen LogP contribution in [0.3, 0.4) is 0 Å². The number of thiocarbonyl (C=S) groups is 1. The molecule has 0 radical (unpaired) electrons. The monoisotopic (exact) mass is 596 g/mol. The highest BCUT2D eigenvalue weighted by Crippen LogP contribution is 2.19. The Kier molecular flexibility index (Phi) is 9.63. The van der Waals surface area contributed by atoms with Crippen LogP contribution in [-0.2, 0) is 24.4 Å². The van der Waals surface area contributed by atoms with Gasteiger partial charge in [0.2, 0.25) is 15.9 Å². The number of nitrogens with two attached hydrogens (primary N) is 1. The number of piperidine rings is 1. The number of Topliss-reactive ketones (excluding diaryl/α,β-unsaturated/α-hetero) is 1. The number of sulfonamides is 1. The fraction of sp³-hybridized carbons (Fsp3) is 0.321. The first-order valence-electron chi connectivity index (χ1n) is 13.2. The molecule has 1 heterocycles. The number of hydrogen-bond donors (Lipinski definition) is 5. The Morgan fingerprint density at radius 2 is 1.88 bits per heavy atom. The molecule has 2 aromatic carbocycles. The molecule has 11 nitrogen and oxygen atoms in total. The lowest BCUT2D eigenvalue weighted by Crippen LogP contribution is -2.54. The van der Waals surface area contributed by atoms with Gasteiger partial charge in [-0.2, -0.15) is 4.72 Å². The topological polar surface area (TPSA) is 175 Å². The van der Waals surface area contributed by atoms with Crippen LogP contribution >= 0.6 is 12.2 Å². The van der Waals surface area contributed by atoms with Crippen LogP contribution in [0.5, 0.6) is 0 Å². The van der Waals surface area contributed by atoms with Gasteiger partial charge in [-0.3, -0.25) is 19.8 Å². The van der Waals surface area contributed by atoms with Crippen molar-refractivity contribution < 1.29 is 22.8 Å². The summed E-state index contributed by atoms with van der Waals surface area (Å²) in [6.07, 6.45) is 6.80. The van der Waals surface area contributed by atoms with E-state index in [1.54, 1.807) is 35.3 Å². The van der Waals surface area contributed by atoms with E-state index in [1.165, 1.54) is 18.2 Å². The summed E-state index contributed by atoms with van der Waals surface area (Å²) in [5.41, 5.74) is 5.70. The summed E-state index contributed by atoms with van der Waals surface area (Å²) in [7, 11) is -4.20. The third kappa shape index (κ3) is 7.63. The standard InChI is InChI=1S/C28H32N6O5S2/c29-28(30)34-13-5-6-18(17-34)15-31-26(36)23(16-32-27(37)25(35)22-9-3-4-10-24(22)40)33-41(38,39)21-12-11-19-7-1-2-8-20(19)14-21/h1-4,7-9,11-12,14,18,23,33H,5-6,10,13,15-17H2,(H3,29,30)(H,31,36)(H,32,37)/t18-,23+/m0/s1. The summed E-state index contributed by atoms with van der Waals surface area (Å²) in [6, 6.07) is 10.4. The molecule has 0 saturated carbocycles. The molecule has 0 spiro atoms. The summed E-state index contributed by atoms with van der Waals surface area (Å²) >= 11 is 5.18. The van der Waals surface area contributed by atoms with E-state index in [1.807, 2.05) is 12.1 Å². The molecule has 2 atom stereocenters. The Morgan fingerprint density at radius 1 is 1.12 bits per heavy atom. The lowest BCUT2D eigenvalue weighted by atomic mass is 9.98. The van der Waals surface area contributed by atoms with Crippen molar-refractivity contribution >= 4 is 61.4 Å². The number of nitrogens with one attached hydrogen (secondary N) is 4. The number of guanidine groups is 1. The zero-order chi connectivity index (χ0) is 29.6. The molecule has 1 fully saturated rings. The van der Waals surface area contributed by atoms with Crippen LogP contribution in [0.15, 0.2) is 71.2 Å². The molecule has 6 N–H and O–H groups in total. The summed E-state index contributed by atoms with van der Waals surface area (Å²) in [4.78, 5) is 40.6. The fourth-order valence-electron chi connectivity index (χ4n) is 4.74. The number of fused-ring (bicyclic) bond motifs is 1. The second-order valence-electron chi connectivity index (χ2n) is 9.94. The van der Waals surface area contributed by atoms with Crippen molar-refractivity contribution in [3.05, 3.63) is 66.3 Å². The highest BCUT2D eigenvalue weighted by molar-refractivity contribution is 7.89. The maximum absolute atomic E-state index is 13.3. The number of nitrogens with zero attached hydrogens (tertiary/aromatic N) is 1. The van der Waals surface area contributed by atoms with E-state index in [0.717, 1.165) is 18.2 Å². The maximum Gasteiger partial charge on any atom is 0.292 e. The molecule has 0 bridgehead atoms. The van der Waals surface area contributed by atoms with Crippen LogP contribution < -0.4 is 21.1 Å². The predicted octanol–water partition coefficient (Wildman–Crippen LogP) is 1.15. The number of hydrogen-bond acceptors (Lipinski definition) is 7. The van der Waals surface area contributed by atoms with Crippen molar-refractivity contribution in [1.29, 1.82) is 5.41 Å². The van der Waals surface area contributed by atoms with Gasteiger partial charge in [0.05, 0.1) is 4.90 Å². The number of allylic oxidation sites excluding steroid dienone is 3. The van der Waals surface area contributed by atoms with Crippen molar-refractivity contribution in [1.82, 2.24) is 20.3 Å². The molecule has 1 aliphatic heterocycles. The van der Waals surface area contributed by atoms with Gasteiger partial charge < -0.3 is 21.3 Å². The number of rotatable bonds is 10. The normalized spacial score (nSPS) is 18.0. The molecule has 216 valence electrons. The minimum atomic E-state index is -4.20. The average Bonchev–Trinajstić information content (AvgIpc) is 2.97. The Hall–Kier alpha value is -3.94. The van der Waals surface area contributed by atoms with Crippen LogP contribution in [0.2, 0.25) is 0 Å². The number of likely N-dealkylation sites (tertiary alicyclic amines) is 1. The van der Waals surface area contributed by atoms with E-state index in [9.17, 15) is 22.8 Å². The van der Waals surface area contributed by atoms with Gasteiger partial charge in [-0.05, 0) is 41.7 Å². The second kappa shape index (κ2) is 13.1. The Balaban J connectivity index is 1.49. The Morgan fingerprint density at radius 3 is 2.61 bits per heavy atom. The number of ketones is 1. The van der Waals surface area contributed by atoms with E-state index in [4.69, 9.17) is 23.4 Å². The van der Waals surface area contributed by atoms with Crippen LogP contribution in [0, 0.1) is 11.3 Å². The van der Waals surface area contributed by atoms with Crippen LogP contribution in [-0.4, -0.2) is 74.0 Å². The summed E-state index contributed by atoms with van der Waals surface area (Å²) in [5.74, 6) is -2.57. The molecular formula is C28H32N6O5S2. The van der Waals surface area contributed by atoms with Gasteiger partial charge in [0.15, 0.2) is 5.96 Å². The fourth-order valence-corrected chi connectivity index (χ4v) is 6.23. The van der Waals surface area contributed by atoms with E-state index in [-0.39, 0.29) is 28.9 Å². The smallest absolute Gasteiger partial charge is 0.292 e. The van der Waals surface area contributed by atoms with E-state index in [2.05, 4.69) is 15.4 Å². The Bertz CT molecular complexity index is 1550. The zero-order valence-electron chi connectivity index (χ0n) is 22.3. The lowest BCUT2D eigenvalue weighted by molar-refractivity contribution is -0.135. The average molecular weight is 597 g/mol. The summed E-state index contributed by atoms with van der Waals surface area (Å²) < 4.78 is 29.1. The second-order valence-corrected chi connectivity index (χ2v) is 12.1. The molecule has 2 aromatic rings. The number of carbonyl (C=O) groups excluding carboxylic acids is 3. The third-order valence-electron chi connectivity index (χ3n) is 6.99. The van der Waals surface area contributed by atoms with Crippen molar-refractivity contribution in [3.8, 4) is 0 Å². The summed E-state index contributed by atoms with van der Waals surface area (Å²) in [5, 5.41) is 14.4. The minimum absolute atomic E-state index is 0.00202. The molecule has 2 amide bonds. The quantitative estimate of drug-likeness (QED) is 0.118.